The largest absolute Gasteiger partial charge is 0.497 e. The molecule has 2 aromatic heterocycles. The lowest BCUT2D eigenvalue weighted by Crippen LogP contribution is -3.12. The zero-order chi connectivity index (χ0) is 20.5. The first kappa shape index (κ1) is 19.7. The van der Waals surface area contributed by atoms with Crippen molar-refractivity contribution in [3.63, 3.8) is 0 Å². The number of rotatable bonds is 5. The van der Waals surface area contributed by atoms with Crippen LogP contribution in [0.4, 0.5) is 0 Å². The predicted molar refractivity (Wildman–Crippen MR) is 117 cm³/mol. The number of thiophene rings is 1. The van der Waals surface area contributed by atoms with Gasteiger partial charge in [-0.05, 0) is 55.0 Å². The van der Waals surface area contributed by atoms with Gasteiger partial charge in [0.25, 0.3) is 0 Å². The van der Waals surface area contributed by atoms with E-state index in [1.54, 1.807) is 7.11 Å². The van der Waals surface area contributed by atoms with Crippen LogP contribution in [0, 0.1) is 5.92 Å². The first-order chi connectivity index (χ1) is 14.7. The zero-order valence-corrected chi connectivity index (χ0v) is 18.4. The Morgan fingerprint density at radius 3 is 2.67 bits per heavy atom. The first-order valence-electron chi connectivity index (χ1n) is 10.7. The monoisotopic (exact) mass is 426 g/mol. The summed E-state index contributed by atoms with van der Waals surface area (Å²) in [4.78, 5) is 13.9. The minimum atomic E-state index is 0.694. The summed E-state index contributed by atoms with van der Waals surface area (Å²) in [5.74, 6) is 3.86. The van der Waals surface area contributed by atoms with Crippen molar-refractivity contribution in [2.45, 2.75) is 32.7 Å². The van der Waals surface area contributed by atoms with Gasteiger partial charge in [-0.15, -0.1) is 11.3 Å². The maximum absolute atomic E-state index is 6.34. The number of aromatic nitrogens is 2. The topological polar surface area (TPSA) is 57.9 Å². The fourth-order valence-electron chi connectivity index (χ4n) is 4.32. The second kappa shape index (κ2) is 8.49. The van der Waals surface area contributed by atoms with E-state index in [-0.39, 0.29) is 0 Å². The van der Waals surface area contributed by atoms with E-state index in [2.05, 4.69) is 6.92 Å². The number of aryl methyl sites for hydroxylation is 1. The minimum absolute atomic E-state index is 0.694. The summed E-state index contributed by atoms with van der Waals surface area (Å²) in [5, 5.41) is 1.11. The number of fused-ring (bicyclic) bond motifs is 3. The number of nitrogens with zero attached hydrogens (tertiary/aromatic N) is 2. The van der Waals surface area contributed by atoms with Gasteiger partial charge in [0.05, 0.1) is 25.7 Å². The number of hydrogen-bond donors (Lipinski definition) is 1. The molecule has 1 aromatic carbocycles. The quantitative estimate of drug-likeness (QED) is 0.680. The van der Waals surface area contributed by atoms with Crippen LogP contribution in [0.25, 0.3) is 10.2 Å². The third kappa shape index (κ3) is 4.02. The van der Waals surface area contributed by atoms with Crippen molar-refractivity contribution >= 4 is 21.6 Å². The molecule has 1 atom stereocenters. The molecule has 3 aromatic rings. The normalized spacial score (nSPS) is 19.6. The van der Waals surface area contributed by atoms with E-state index in [0.29, 0.717) is 5.88 Å². The number of benzene rings is 1. The second-order valence-corrected chi connectivity index (χ2v) is 9.38. The highest BCUT2D eigenvalue weighted by molar-refractivity contribution is 7.18. The van der Waals surface area contributed by atoms with Crippen LogP contribution < -0.4 is 14.4 Å². The van der Waals surface area contributed by atoms with Gasteiger partial charge in [-0.1, -0.05) is 6.92 Å². The number of nitrogens with one attached hydrogen (secondary N) is 1. The molecular formula is C23H28N3O3S+. The predicted octanol–water partition coefficient (Wildman–Crippen LogP) is 3.03. The van der Waals surface area contributed by atoms with Gasteiger partial charge in [0, 0.05) is 4.88 Å². The molecule has 7 heteroatoms. The average molecular weight is 427 g/mol. The Labute approximate surface area is 180 Å². The van der Waals surface area contributed by atoms with E-state index in [9.17, 15) is 0 Å². The lowest BCUT2D eigenvalue weighted by molar-refractivity contribution is -0.922. The summed E-state index contributed by atoms with van der Waals surface area (Å²) >= 11 is 1.83. The number of methoxy groups -OCH3 is 1. The third-order valence-corrected chi connectivity index (χ3v) is 7.20. The van der Waals surface area contributed by atoms with Gasteiger partial charge in [0.15, 0.2) is 5.82 Å². The minimum Gasteiger partial charge on any atom is -0.497 e. The van der Waals surface area contributed by atoms with E-state index in [1.807, 2.05) is 35.6 Å². The molecule has 30 heavy (non-hydrogen) atoms. The highest BCUT2D eigenvalue weighted by atomic mass is 32.1. The fourth-order valence-corrected chi connectivity index (χ4v) is 5.71. The van der Waals surface area contributed by atoms with Crippen molar-refractivity contribution in [1.29, 1.82) is 0 Å². The summed E-state index contributed by atoms with van der Waals surface area (Å²) in [7, 11) is 1.67. The van der Waals surface area contributed by atoms with Gasteiger partial charge in [0.2, 0.25) is 5.88 Å². The molecule has 0 bridgehead atoms. The van der Waals surface area contributed by atoms with Gasteiger partial charge in [0.1, 0.15) is 36.0 Å². The Balaban J connectivity index is 1.53. The molecule has 5 rings (SSSR count). The summed E-state index contributed by atoms with van der Waals surface area (Å²) in [6, 6.07) is 7.69. The van der Waals surface area contributed by atoms with Crippen LogP contribution in [-0.4, -0.2) is 43.4 Å². The molecule has 3 heterocycles. The van der Waals surface area contributed by atoms with Gasteiger partial charge in [-0.3, -0.25) is 0 Å². The molecule has 1 aliphatic carbocycles. The van der Waals surface area contributed by atoms with E-state index >= 15 is 0 Å². The van der Waals surface area contributed by atoms with Gasteiger partial charge in [-0.2, -0.15) is 4.98 Å². The molecule has 0 radical (unpaired) electrons. The Morgan fingerprint density at radius 1 is 1.13 bits per heavy atom. The van der Waals surface area contributed by atoms with Gasteiger partial charge in [-0.25, -0.2) is 4.98 Å². The molecule has 0 amide bonds. The lowest BCUT2D eigenvalue weighted by Gasteiger charge is -2.23. The third-order valence-electron chi connectivity index (χ3n) is 6.05. The van der Waals surface area contributed by atoms with Crippen molar-refractivity contribution in [1.82, 2.24) is 9.97 Å². The van der Waals surface area contributed by atoms with Crippen molar-refractivity contribution < 1.29 is 19.1 Å². The summed E-state index contributed by atoms with van der Waals surface area (Å²) in [6.07, 6.45) is 3.41. The van der Waals surface area contributed by atoms with Crippen molar-refractivity contribution in [2.75, 3.05) is 33.4 Å². The SMILES string of the molecule is COc1ccc(Oc2nc(C[NH+]3CCOCC3)nc3sc4c(c23)CC[C@@H](C)C4)cc1. The number of morpholine rings is 1. The number of hydrogen-bond acceptors (Lipinski definition) is 6. The number of ether oxygens (including phenoxy) is 3. The van der Waals surface area contributed by atoms with Crippen molar-refractivity contribution in [3.05, 3.63) is 40.5 Å². The molecule has 158 valence electrons. The Hall–Kier alpha value is -2.22. The van der Waals surface area contributed by atoms with Crippen LogP contribution in [-0.2, 0) is 24.1 Å². The fraction of sp³-hybridized carbons (Fsp3) is 0.478. The van der Waals surface area contributed by atoms with Crippen LogP contribution >= 0.6 is 11.3 Å². The molecule has 0 unspecified atom stereocenters. The molecule has 0 spiro atoms. The molecule has 1 aliphatic heterocycles. The Bertz CT molecular complexity index is 1030. The van der Waals surface area contributed by atoms with Crippen LogP contribution in [0.1, 0.15) is 29.6 Å². The number of quaternary nitrogens is 1. The van der Waals surface area contributed by atoms with E-state index < -0.39 is 0 Å². The van der Waals surface area contributed by atoms with E-state index in [0.717, 1.165) is 79.1 Å². The van der Waals surface area contributed by atoms with Crippen LogP contribution in [0.15, 0.2) is 24.3 Å². The molecule has 2 aliphatic rings. The molecular weight excluding hydrogens is 398 g/mol. The second-order valence-electron chi connectivity index (χ2n) is 8.29. The van der Waals surface area contributed by atoms with Crippen molar-refractivity contribution in [2.24, 2.45) is 5.92 Å². The van der Waals surface area contributed by atoms with E-state index in [1.165, 1.54) is 21.8 Å². The Kier molecular flexibility index (Phi) is 5.58. The molecule has 1 saturated heterocycles. The van der Waals surface area contributed by atoms with Crippen LogP contribution in [0.3, 0.4) is 0 Å². The maximum Gasteiger partial charge on any atom is 0.231 e. The van der Waals surface area contributed by atoms with Gasteiger partial charge < -0.3 is 19.1 Å². The highest BCUT2D eigenvalue weighted by Crippen LogP contribution is 2.41. The molecule has 6 nitrogen and oxygen atoms in total. The van der Waals surface area contributed by atoms with Gasteiger partial charge >= 0.3 is 0 Å². The first-order valence-corrected chi connectivity index (χ1v) is 11.6. The lowest BCUT2D eigenvalue weighted by atomic mass is 9.89. The van der Waals surface area contributed by atoms with E-state index in [4.69, 9.17) is 24.2 Å². The van der Waals surface area contributed by atoms with Crippen LogP contribution in [0.5, 0.6) is 17.4 Å². The van der Waals surface area contributed by atoms with Crippen molar-refractivity contribution in [3.8, 4) is 17.4 Å². The molecule has 0 saturated carbocycles. The maximum atomic E-state index is 6.34. The smallest absolute Gasteiger partial charge is 0.231 e. The summed E-state index contributed by atoms with van der Waals surface area (Å²) in [5.41, 5.74) is 1.39. The Morgan fingerprint density at radius 2 is 1.90 bits per heavy atom. The molecule has 1 fully saturated rings. The molecule has 1 N–H and O–H groups in total. The summed E-state index contributed by atoms with van der Waals surface area (Å²) in [6.45, 7) is 6.73. The zero-order valence-electron chi connectivity index (χ0n) is 17.6. The summed E-state index contributed by atoms with van der Waals surface area (Å²) < 4.78 is 17.1. The highest BCUT2D eigenvalue weighted by Gasteiger charge is 2.26. The van der Waals surface area contributed by atoms with Crippen LogP contribution in [0.2, 0.25) is 0 Å². The standard InChI is InChI=1S/C23H27N3O3S/c1-15-3-8-18-19(13-15)30-23-21(18)22(29-17-6-4-16(27-2)5-7-17)24-20(25-23)14-26-9-11-28-12-10-26/h4-7,15H,3,8-14H2,1-2H3/p+1/t15-/m1/s1. The average Bonchev–Trinajstić information content (AvgIpc) is 3.12.